The maximum atomic E-state index is 11.1. The summed E-state index contributed by atoms with van der Waals surface area (Å²) in [6.45, 7) is 1.33. The zero-order valence-electron chi connectivity index (χ0n) is 15.5. The zero-order valence-corrected chi connectivity index (χ0v) is 19.3. The molecular formula is C15H18Cl5F3N2O6. The molecule has 2 heterocycles. The van der Waals surface area contributed by atoms with Gasteiger partial charge >= 0.3 is 24.1 Å². The van der Waals surface area contributed by atoms with E-state index in [9.17, 15) is 22.8 Å². The molecule has 4 fully saturated rings. The van der Waals surface area contributed by atoms with Crippen LogP contribution in [0.4, 0.5) is 13.2 Å². The molecule has 2 aliphatic carbocycles. The third-order valence-corrected chi connectivity index (χ3v) is 7.45. The lowest BCUT2D eigenvalue weighted by Gasteiger charge is -2.13. The van der Waals surface area contributed by atoms with Crippen LogP contribution in [0.15, 0.2) is 0 Å². The number of aliphatic carboxylic acids is 2. The number of nitrogens with one attached hydrogen (secondary N) is 2. The highest BCUT2D eigenvalue weighted by Gasteiger charge is 2.71. The third kappa shape index (κ3) is 5.93. The summed E-state index contributed by atoms with van der Waals surface area (Å²) >= 11 is 23.5. The van der Waals surface area contributed by atoms with Crippen molar-refractivity contribution in [3.8, 4) is 0 Å². The van der Waals surface area contributed by atoms with Gasteiger partial charge in [-0.2, -0.15) is 13.2 Å². The summed E-state index contributed by atoms with van der Waals surface area (Å²) in [6, 6.07) is -0.856. The SMILES string of the molecule is COC(=O)C1NC[C@H]2[C@@H]1C2(Cl)Cl.Cl.O=C(O)C(F)(F)F.O=C(O)C1NC[C@H]2[C@@H]1C2(Cl)Cl. The number of hydrogen-bond acceptors (Lipinski definition) is 6. The van der Waals surface area contributed by atoms with E-state index in [-0.39, 0.29) is 48.1 Å². The fourth-order valence-corrected chi connectivity index (χ4v) is 5.34. The molecule has 0 spiro atoms. The molecular weight excluding hydrogens is 538 g/mol. The largest absolute Gasteiger partial charge is 0.490 e. The monoisotopic (exact) mass is 554 g/mol. The van der Waals surface area contributed by atoms with Gasteiger partial charge in [-0.15, -0.1) is 58.8 Å². The van der Waals surface area contributed by atoms with Crippen molar-refractivity contribution in [1.29, 1.82) is 0 Å². The molecule has 0 aromatic heterocycles. The molecule has 2 aliphatic heterocycles. The quantitative estimate of drug-likeness (QED) is 0.301. The van der Waals surface area contributed by atoms with Crippen LogP contribution in [0.5, 0.6) is 0 Å². The van der Waals surface area contributed by atoms with Crippen molar-refractivity contribution in [2.24, 2.45) is 23.7 Å². The first-order chi connectivity index (χ1) is 13.6. The second-order valence-corrected chi connectivity index (χ2v) is 9.94. The zero-order chi connectivity index (χ0) is 23.2. The number of hydrogen-bond donors (Lipinski definition) is 4. The van der Waals surface area contributed by atoms with Crippen LogP contribution in [-0.4, -0.2) is 75.2 Å². The van der Waals surface area contributed by atoms with Gasteiger partial charge in [-0.3, -0.25) is 9.59 Å². The number of rotatable bonds is 2. The molecule has 6 atom stereocenters. The Labute approximate surface area is 200 Å². The van der Waals surface area contributed by atoms with Crippen molar-refractivity contribution in [2.75, 3.05) is 20.2 Å². The molecule has 4 rings (SSSR count). The average molecular weight is 557 g/mol. The Bertz CT molecular complexity index is 726. The molecule has 0 bridgehead atoms. The number of carbonyl (C=O) groups is 3. The van der Waals surface area contributed by atoms with E-state index in [1.807, 2.05) is 0 Å². The van der Waals surface area contributed by atoms with Gasteiger partial charge in [-0.25, -0.2) is 4.79 Å². The predicted molar refractivity (Wildman–Crippen MR) is 107 cm³/mol. The second-order valence-electron chi connectivity index (χ2n) is 7.05. The number of piperidine rings is 2. The van der Waals surface area contributed by atoms with Crippen LogP contribution in [0.3, 0.4) is 0 Å². The van der Waals surface area contributed by atoms with Crippen molar-refractivity contribution in [1.82, 2.24) is 10.6 Å². The first-order valence-corrected chi connectivity index (χ1v) is 9.92. The first kappa shape index (κ1) is 28.6. The molecule has 180 valence electrons. The number of carboxylic acids is 2. The third-order valence-electron chi connectivity index (χ3n) is 5.32. The lowest BCUT2D eigenvalue weighted by Crippen LogP contribution is -2.38. The van der Waals surface area contributed by atoms with E-state index in [2.05, 4.69) is 15.4 Å². The minimum absolute atomic E-state index is 0. The Morgan fingerprint density at radius 1 is 0.935 bits per heavy atom. The summed E-state index contributed by atoms with van der Waals surface area (Å²) in [5.41, 5.74) is 0. The first-order valence-electron chi connectivity index (χ1n) is 8.41. The van der Waals surface area contributed by atoms with Crippen molar-refractivity contribution in [2.45, 2.75) is 26.9 Å². The van der Waals surface area contributed by atoms with E-state index < -0.39 is 32.8 Å². The highest BCUT2D eigenvalue weighted by Crippen LogP contribution is 2.63. The molecule has 16 heteroatoms. The molecule has 2 unspecified atom stereocenters. The van der Waals surface area contributed by atoms with Crippen LogP contribution >= 0.6 is 58.8 Å². The lowest BCUT2D eigenvalue weighted by molar-refractivity contribution is -0.192. The van der Waals surface area contributed by atoms with Crippen molar-refractivity contribution >= 4 is 76.7 Å². The molecule has 31 heavy (non-hydrogen) atoms. The normalized spacial score (nSPS) is 34.8. The van der Waals surface area contributed by atoms with Gasteiger partial charge in [0.15, 0.2) is 0 Å². The number of fused-ring (bicyclic) bond motifs is 2. The minimum atomic E-state index is -5.08. The van der Waals surface area contributed by atoms with Crippen LogP contribution in [0, 0.1) is 23.7 Å². The topological polar surface area (TPSA) is 125 Å². The molecule has 0 aromatic rings. The van der Waals surface area contributed by atoms with Gasteiger partial charge in [0.25, 0.3) is 0 Å². The van der Waals surface area contributed by atoms with Crippen molar-refractivity contribution in [3.63, 3.8) is 0 Å². The van der Waals surface area contributed by atoms with Gasteiger partial charge in [-0.1, -0.05) is 0 Å². The highest BCUT2D eigenvalue weighted by molar-refractivity contribution is 6.52. The fraction of sp³-hybridized carbons (Fsp3) is 0.800. The lowest BCUT2D eigenvalue weighted by atomic mass is 10.2. The summed E-state index contributed by atoms with van der Waals surface area (Å²) in [5, 5.41) is 21.6. The Kier molecular flexibility index (Phi) is 9.06. The maximum Gasteiger partial charge on any atom is 0.490 e. The van der Waals surface area contributed by atoms with Crippen LogP contribution in [-0.2, 0) is 19.1 Å². The van der Waals surface area contributed by atoms with Gasteiger partial charge < -0.3 is 25.6 Å². The van der Waals surface area contributed by atoms with Gasteiger partial charge in [0, 0.05) is 36.8 Å². The smallest absolute Gasteiger partial charge is 0.480 e. The molecule has 2 saturated carbocycles. The summed E-state index contributed by atoms with van der Waals surface area (Å²) in [5.74, 6) is -3.60. The molecule has 4 N–H and O–H groups in total. The number of carbonyl (C=O) groups excluding carboxylic acids is 1. The average Bonchev–Trinajstić information content (AvgIpc) is 3.16. The summed E-state index contributed by atoms with van der Waals surface area (Å²) in [6.07, 6.45) is -5.08. The number of alkyl halides is 7. The number of carboxylic acid groups (broad SMARTS) is 2. The van der Waals surface area contributed by atoms with Gasteiger partial charge in [0.2, 0.25) is 0 Å². The van der Waals surface area contributed by atoms with Crippen LogP contribution < -0.4 is 10.6 Å². The Morgan fingerprint density at radius 3 is 1.52 bits per heavy atom. The molecule has 0 amide bonds. The number of ether oxygens (including phenoxy) is 1. The molecule has 8 nitrogen and oxygen atoms in total. The van der Waals surface area contributed by atoms with Crippen molar-refractivity contribution < 1.29 is 42.5 Å². The van der Waals surface area contributed by atoms with Crippen LogP contribution in [0.1, 0.15) is 0 Å². The number of halogens is 8. The summed E-state index contributed by atoms with van der Waals surface area (Å²) in [7, 11) is 1.36. The van der Waals surface area contributed by atoms with E-state index in [1.54, 1.807) is 0 Å². The van der Waals surface area contributed by atoms with E-state index in [1.165, 1.54) is 7.11 Å². The van der Waals surface area contributed by atoms with E-state index in [0.29, 0.717) is 13.1 Å². The maximum absolute atomic E-state index is 11.1. The molecule has 0 aromatic carbocycles. The Morgan fingerprint density at radius 2 is 1.29 bits per heavy atom. The molecule has 4 aliphatic rings. The molecule has 2 saturated heterocycles. The minimum Gasteiger partial charge on any atom is -0.480 e. The predicted octanol–water partition coefficient (Wildman–Crippen LogP) is 2.07. The second kappa shape index (κ2) is 9.82. The Hall–Kier alpha value is -0.430. The standard InChI is InChI=1S/C7H9Cl2NO2.C6H7Cl2NO2.C2HF3O2.ClH/c1-12-6(11)5-4-3(2-10-5)7(4,8)9;7-6(8)2-1-9-4(3(2)6)5(10)11;3-2(4,5)1(6)7;/h3-5,10H,2H2,1H3;2-4,9H,1H2,(H,10,11);(H,6,7);1H/t3-,4-,5?;2-,3-,4?;;/m00../s1. The molecule has 0 radical (unpaired) electrons. The number of esters is 1. The van der Waals surface area contributed by atoms with Crippen LogP contribution in [0.2, 0.25) is 0 Å². The Balaban J connectivity index is 0.000000238. The summed E-state index contributed by atoms with van der Waals surface area (Å²) in [4.78, 5) is 30.6. The van der Waals surface area contributed by atoms with Crippen LogP contribution in [0.25, 0.3) is 0 Å². The highest BCUT2D eigenvalue weighted by atomic mass is 35.5. The summed E-state index contributed by atoms with van der Waals surface area (Å²) < 4.78 is 34.9. The van der Waals surface area contributed by atoms with E-state index in [4.69, 9.17) is 61.4 Å². The van der Waals surface area contributed by atoms with Crippen molar-refractivity contribution in [3.05, 3.63) is 0 Å². The van der Waals surface area contributed by atoms with Gasteiger partial charge in [0.1, 0.15) is 20.8 Å². The van der Waals surface area contributed by atoms with E-state index in [0.717, 1.165) is 0 Å². The number of methoxy groups -OCH3 is 1. The van der Waals surface area contributed by atoms with E-state index >= 15 is 0 Å². The fourth-order valence-electron chi connectivity index (χ4n) is 3.63. The van der Waals surface area contributed by atoms with Gasteiger partial charge in [-0.05, 0) is 0 Å². The van der Waals surface area contributed by atoms with Gasteiger partial charge in [0.05, 0.1) is 7.11 Å².